The summed E-state index contributed by atoms with van der Waals surface area (Å²) in [4.78, 5) is 5.08. The third-order valence-corrected chi connectivity index (χ3v) is 4.27. The lowest BCUT2D eigenvalue weighted by molar-refractivity contribution is 0.0642. The predicted molar refractivity (Wildman–Crippen MR) is 87.7 cm³/mol. The molecule has 0 bridgehead atoms. The number of nitrogens with zero attached hydrogens (tertiary/aromatic N) is 2. The third-order valence-electron chi connectivity index (χ3n) is 3.94. The molecule has 1 fully saturated rings. The van der Waals surface area contributed by atoms with Gasteiger partial charge in [0.2, 0.25) is 0 Å². The quantitative estimate of drug-likeness (QED) is 0.920. The van der Waals surface area contributed by atoms with Crippen molar-refractivity contribution in [3.63, 3.8) is 0 Å². The van der Waals surface area contributed by atoms with E-state index >= 15 is 0 Å². The molecule has 3 nitrogen and oxygen atoms in total. The van der Waals surface area contributed by atoms with Crippen LogP contribution in [-0.2, 0) is 0 Å². The van der Waals surface area contributed by atoms with Gasteiger partial charge in [0.05, 0.1) is 10.7 Å². The van der Waals surface area contributed by atoms with Crippen LogP contribution in [0.4, 0.5) is 5.69 Å². The summed E-state index contributed by atoms with van der Waals surface area (Å²) in [5, 5.41) is 4.21. The molecule has 112 valence electrons. The Morgan fingerprint density at radius 2 is 1.75 bits per heavy atom. The van der Waals surface area contributed by atoms with Gasteiger partial charge in [0, 0.05) is 44.8 Å². The standard InChI is InChI=1S/C16H26ClN3/c1-16(2,3)20-12-10-19(11-13-20)9-8-18-15-7-5-4-6-14(15)17/h4-7,18H,8-13H2,1-3H3. The van der Waals surface area contributed by atoms with Gasteiger partial charge in [-0.25, -0.2) is 0 Å². The first-order valence-electron chi connectivity index (χ1n) is 7.42. The molecule has 0 spiro atoms. The molecule has 1 saturated heterocycles. The van der Waals surface area contributed by atoms with Crippen LogP contribution in [0.2, 0.25) is 5.02 Å². The largest absolute Gasteiger partial charge is 0.383 e. The van der Waals surface area contributed by atoms with Gasteiger partial charge in [0.25, 0.3) is 0 Å². The number of piperazine rings is 1. The molecule has 0 radical (unpaired) electrons. The van der Waals surface area contributed by atoms with E-state index in [0.29, 0.717) is 5.54 Å². The minimum absolute atomic E-state index is 0.294. The fourth-order valence-corrected chi connectivity index (χ4v) is 2.80. The lowest BCUT2D eigenvalue weighted by Gasteiger charge is -2.42. The molecule has 4 heteroatoms. The van der Waals surface area contributed by atoms with Crippen molar-refractivity contribution >= 4 is 17.3 Å². The maximum Gasteiger partial charge on any atom is 0.0637 e. The summed E-state index contributed by atoms with van der Waals surface area (Å²) in [5.41, 5.74) is 1.32. The second-order valence-electron chi connectivity index (χ2n) is 6.41. The van der Waals surface area contributed by atoms with Crippen molar-refractivity contribution < 1.29 is 0 Å². The molecule has 0 atom stereocenters. The van der Waals surface area contributed by atoms with Gasteiger partial charge in [-0.3, -0.25) is 9.80 Å². The van der Waals surface area contributed by atoms with E-state index in [9.17, 15) is 0 Å². The van der Waals surface area contributed by atoms with Crippen molar-refractivity contribution in [1.29, 1.82) is 0 Å². The number of para-hydroxylation sites is 1. The zero-order chi connectivity index (χ0) is 14.6. The van der Waals surface area contributed by atoms with Crippen LogP contribution in [0.1, 0.15) is 20.8 Å². The highest BCUT2D eigenvalue weighted by Gasteiger charge is 2.25. The lowest BCUT2D eigenvalue weighted by atomic mass is 10.1. The lowest BCUT2D eigenvalue weighted by Crippen LogP contribution is -2.53. The topological polar surface area (TPSA) is 18.5 Å². The molecule has 0 aliphatic carbocycles. The van der Waals surface area contributed by atoms with Gasteiger partial charge in [-0.05, 0) is 32.9 Å². The van der Waals surface area contributed by atoms with Crippen molar-refractivity contribution in [3.05, 3.63) is 29.3 Å². The Balaban J connectivity index is 1.71. The molecule has 0 aromatic heterocycles. The minimum Gasteiger partial charge on any atom is -0.383 e. The van der Waals surface area contributed by atoms with E-state index in [0.717, 1.165) is 50.0 Å². The van der Waals surface area contributed by atoms with Crippen molar-refractivity contribution in [1.82, 2.24) is 9.80 Å². The molecule has 2 rings (SSSR count). The van der Waals surface area contributed by atoms with Crippen LogP contribution >= 0.6 is 11.6 Å². The van der Waals surface area contributed by atoms with Crippen LogP contribution in [-0.4, -0.2) is 54.6 Å². The Bertz CT molecular complexity index is 420. The van der Waals surface area contributed by atoms with Crippen LogP contribution in [0, 0.1) is 0 Å². The highest BCUT2D eigenvalue weighted by molar-refractivity contribution is 6.33. The van der Waals surface area contributed by atoms with E-state index in [1.54, 1.807) is 0 Å². The van der Waals surface area contributed by atoms with E-state index < -0.39 is 0 Å². The second-order valence-corrected chi connectivity index (χ2v) is 6.81. The van der Waals surface area contributed by atoms with Crippen molar-refractivity contribution in [2.75, 3.05) is 44.6 Å². The Labute approximate surface area is 127 Å². The maximum absolute atomic E-state index is 6.13. The summed E-state index contributed by atoms with van der Waals surface area (Å²) in [5.74, 6) is 0. The average molecular weight is 296 g/mol. The summed E-state index contributed by atoms with van der Waals surface area (Å²) < 4.78 is 0. The first-order valence-corrected chi connectivity index (χ1v) is 7.80. The molecule has 1 N–H and O–H groups in total. The number of hydrogen-bond acceptors (Lipinski definition) is 3. The summed E-state index contributed by atoms with van der Waals surface area (Å²) >= 11 is 6.13. The summed E-state index contributed by atoms with van der Waals surface area (Å²) in [6.07, 6.45) is 0. The van der Waals surface area contributed by atoms with E-state index in [-0.39, 0.29) is 0 Å². The average Bonchev–Trinajstić information content (AvgIpc) is 2.40. The molecular weight excluding hydrogens is 270 g/mol. The molecule has 1 aliphatic heterocycles. The number of halogens is 1. The Kier molecular flexibility index (Phi) is 5.30. The van der Waals surface area contributed by atoms with Gasteiger partial charge in [-0.1, -0.05) is 23.7 Å². The zero-order valence-corrected chi connectivity index (χ0v) is 13.6. The fraction of sp³-hybridized carbons (Fsp3) is 0.625. The zero-order valence-electron chi connectivity index (χ0n) is 12.8. The van der Waals surface area contributed by atoms with Crippen molar-refractivity contribution in [3.8, 4) is 0 Å². The molecule has 1 heterocycles. The monoisotopic (exact) mass is 295 g/mol. The van der Waals surface area contributed by atoms with Crippen molar-refractivity contribution in [2.45, 2.75) is 26.3 Å². The summed E-state index contributed by atoms with van der Waals surface area (Å²) in [6, 6.07) is 7.92. The van der Waals surface area contributed by atoms with E-state index in [1.807, 2.05) is 24.3 Å². The molecule has 1 aliphatic rings. The van der Waals surface area contributed by atoms with E-state index in [4.69, 9.17) is 11.6 Å². The van der Waals surface area contributed by atoms with Gasteiger partial charge in [-0.2, -0.15) is 0 Å². The molecule has 0 unspecified atom stereocenters. The fourth-order valence-electron chi connectivity index (χ4n) is 2.60. The number of hydrogen-bond donors (Lipinski definition) is 1. The van der Waals surface area contributed by atoms with E-state index in [1.165, 1.54) is 0 Å². The van der Waals surface area contributed by atoms with Gasteiger partial charge >= 0.3 is 0 Å². The first kappa shape index (κ1) is 15.6. The molecule has 1 aromatic carbocycles. The molecule has 0 saturated carbocycles. The van der Waals surface area contributed by atoms with Crippen LogP contribution < -0.4 is 5.32 Å². The first-order chi connectivity index (χ1) is 9.47. The predicted octanol–water partition coefficient (Wildman–Crippen LogP) is 3.17. The van der Waals surface area contributed by atoms with Gasteiger partial charge < -0.3 is 5.32 Å². The van der Waals surface area contributed by atoms with Gasteiger partial charge in [0.1, 0.15) is 0 Å². The SMILES string of the molecule is CC(C)(C)N1CCN(CCNc2ccccc2Cl)CC1. The number of nitrogens with one attached hydrogen (secondary N) is 1. The normalized spacial score (nSPS) is 18.2. The molecular formula is C16H26ClN3. The van der Waals surface area contributed by atoms with Gasteiger partial charge in [-0.15, -0.1) is 0 Å². The summed E-state index contributed by atoms with van der Waals surface area (Å²) in [7, 11) is 0. The Hall–Kier alpha value is -0.770. The van der Waals surface area contributed by atoms with Crippen LogP contribution in [0.25, 0.3) is 0 Å². The van der Waals surface area contributed by atoms with Crippen molar-refractivity contribution in [2.24, 2.45) is 0 Å². The number of rotatable bonds is 4. The number of anilines is 1. The Morgan fingerprint density at radius 1 is 1.10 bits per heavy atom. The third kappa shape index (κ3) is 4.37. The summed E-state index contributed by atoms with van der Waals surface area (Å²) in [6.45, 7) is 13.5. The maximum atomic E-state index is 6.13. The smallest absolute Gasteiger partial charge is 0.0637 e. The minimum atomic E-state index is 0.294. The molecule has 0 amide bonds. The van der Waals surface area contributed by atoms with Gasteiger partial charge in [0.15, 0.2) is 0 Å². The van der Waals surface area contributed by atoms with E-state index in [2.05, 4.69) is 35.9 Å². The highest BCUT2D eigenvalue weighted by Crippen LogP contribution is 2.20. The van der Waals surface area contributed by atoms with Crippen LogP contribution in [0.5, 0.6) is 0 Å². The molecule has 1 aromatic rings. The molecule has 20 heavy (non-hydrogen) atoms. The highest BCUT2D eigenvalue weighted by atomic mass is 35.5. The van der Waals surface area contributed by atoms with Crippen LogP contribution in [0.3, 0.4) is 0 Å². The van der Waals surface area contributed by atoms with Crippen LogP contribution in [0.15, 0.2) is 24.3 Å². The number of benzene rings is 1. The Morgan fingerprint density at radius 3 is 2.35 bits per heavy atom. The second kappa shape index (κ2) is 6.79.